The van der Waals surface area contributed by atoms with E-state index in [0.29, 0.717) is 25.0 Å². The number of aromatic nitrogens is 3. The lowest BCUT2D eigenvalue weighted by Gasteiger charge is -2.34. The van der Waals surface area contributed by atoms with E-state index in [1.165, 1.54) is 5.56 Å². The molecule has 1 fully saturated rings. The average Bonchev–Trinajstić information content (AvgIpc) is 2.90. The van der Waals surface area contributed by atoms with Crippen molar-refractivity contribution in [3.63, 3.8) is 0 Å². The topological polar surface area (TPSA) is 89.5 Å². The zero-order valence-corrected chi connectivity index (χ0v) is 22.4. The van der Waals surface area contributed by atoms with Gasteiger partial charge in [0, 0.05) is 82.5 Å². The number of benzene rings is 1. The normalized spacial score (nSPS) is 21.2. The Hall–Kier alpha value is -3.40. The first kappa shape index (κ1) is 26.2. The van der Waals surface area contributed by atoms with Gasteiger partial charge in [0.25, 0.3) is 0 Å². The van der Waals surface area contributed by atoms with Gasteiger partial charge < -0.3 is 10.6 Å². The van der Waals surface area contributed by atoms with E-state index >= 15 is 0 Å². The summed E-state index contributed by atoms with van der Waals surface area (Å²) in [6.45, 7) is 12.6. The van der Waals surface area contributed by atoms with Crippen LogP contribution in [-0.4, -0.2) is 87.9 Å². The third kappa shape index (κ3) is 7.34. The highest BCUT2D eigenvalue weighted by Crippen LogP contribution is 2.21. The van der Waals surface area contributed by atoms with Crippen molar-refractivity contribution >= 4 is 17.5 Å². The molecule has 0 spiro atoms. The standard InChI is InChI=1S/C29H38N8O/c1-22(2)18-37-11-10-30-28(38)21-36-14-12-35(13-15-36)19-23-4-3-5-25(16-23)33-29-31-9-8-27(34-29)24-6-7-26(20-37)32-17-24/h3-9,16-17,22H,10-15,18-21H2,1-2H3,(H,30,38)(H,31,33,34). The molecule has 7 heterocycles. The number of pyridine rings is 1. The number of anilines is 2. The molecule has 0 atom stereocenters. The molecule has 9 nitrogen and oxygen atoms in total. The first-order valence-corrected chi connectivity index (χ1v) is 13.6. The summed E-state index contributed by atoms with van der Waals surface area (Å²) < 4.78 is 0. The molecular weight excluding hydrogens is 476 g/mol. The second kappa shape index (κ2) is 12.4. The minimum Gasteiger partial charge on any atom is -0.354 e. The quantitative estimate of drug-likeness (QED) is 0.540. The molecule has 0 aliphatic carbocycles. The summed E-state index contributed by atoms with van der Waals surface area (Å²) >= 11 is 0. The van der Waals surface area contributed by atoms with Crippen LogP contribution < -0.4 is 10.6 Å². The van der Waals surface area contributed by atoms with Crippen LogP contribution in [-0.2, 0) is 17.9 Å². The Bertz CT molecular complexity index is 1210. The van der Waals surface area contributed by atoms with Gasteiger partial charge in [0.2, 0.25) is 11.9 Å². The van der Waals surface area contributed by atoms with Crippen molar-refractivity contribution in [1.29, 1.82) is 0 Å². The highest BCUT2D eigenvalue weighted by atomic mass is 16.2. The summed E-state index contributed by atoms with van der Waals surface area (Å²) in [6, 6.07) is 14.5. The number of piperazine rings is 1. The summed E-state index contributed by atoms with van der Waals surface area (Å²) in [4.78, 5) is 33.6. The van der Waals surface area contributed by atoms with E-state index in [9.17, 15) is 4.79 Å². The van der Waals surface area contributed by atoms with E-state index in [1.807, 2.05) is 18.3 Å². The molecule has 38 heavy (non-hydrogen) atoms. The molecule has 3 aromatic rings. The van der Waals surface area contributed by atoms with Gasteiger partial charge in [-0.05, 0) is 41.8 Å². The van der Waals surface area contributed by atoms with Crippen molar-refractivity contribution in [2.75, 3.05) is 57.7 Å². The van der Waals surface area contributed by atoms with Gasteiger partial charge >= 0.3 is 0 Å². The van der Waals surface area contributed by atoms with Crippen LogP contribution in [0.25, 0.3) is 11.3 Å². The van der Waals surface area contributed by atoms with Gasteiger partial charge in [-0.1, -0.05) is 26.0 Å². The molecule has 1 saturated heterocycles. The molecule has 5 aliphatic heterocycles. The molecule has 1 aromatic carbocycles. The maximum atomic E-state index is 12.7. The zero-order chi connectivity index (χ0) is 26.3. The smallest absolute Gasteiger partial charge is 0.234 e. The number of carbonyl (C=O) groups is 1. The summed E-state index contributed by atoms with van der Waals surface area (Å²) in [7, 11) is 0. The van der Waals surface area contributed by atoms with Crippen LogP contribution >= 0.6 is 0 Å². The van der Waals surface area contributed by atoms with E-state index in [1.54, 1.807) is 6.20 Å². The number of nitrogens with one attached hydrogen (secondary N) is 2. The van der Waals surface area contributed by atoms with Crippen molar-refractivity contribution in [2.45, 2.75) is 26.9 Å². The second-order valence-corrected chi connectivity index (χ2v) is 10.7. The van der Waals surface area contributed by atoms with Crippen molar-refractivity contribution in [3.8, 4) is 11.3 Å². The Morgan fingerprint density at radius 2 is 1.74 bits per heavy atom. The molecule has 0 unspecified atom stereocenters. The first-order chi connectivity index (χ1) is 18.5. The number of hydrogen-bond acceptors (Lipinski definition) is 8. The monoisotopic (exact) mass is 514 g/mol. The molecule has 2 N–H and O–H groups in total. The summed E-state index contributed by atoms with van der Waals surface area (Å²) in [5.74, 6) is 1.19. The minimum atomic E-state index is 0.102. The second-order valence-electron chi connectivity index (χ2n) is 10.7. The number of hydrogen-bond donors (Lipinski definition) is 2. The lowest BCUT2D eigenvalue weighted by atomic mass is 10.1. The van der Waals surface area contributed by atoms with E-state index in [0.717, 1.165) is 75.0 Å². The SMILES string of the molecule is CC(C)CN1CCNC(=O)CN2CCN(CC2)Cc2cccc(c2)Nc2nccc(n2)-c2ccc(nc2)C1. The van der Waals surface area contributed by atoms with Crippen molar-refractivity contribution in [2.24, 2.45) is 5.92 Å². The van der Waals surface area contributed by atoms with Crippen LogP contribution in [0, 0.1) is 5.92 Å². The van der Waals surface area contributed by atoms with E-state index in [-0.39, 0.29) is 5.91 Å². The molecular formula is C29H38N8O. The Balaban J connectivity index is 1.38. The maximum Gasteiger partial charge on any atom is 0.234 e. The lowest BCUT2D eigenvalue weighted by molar-refractivity contribution is -0.122. The summed E-state index contributed by atoms with van der Waals surface area (Å²) in [5, 5.41) is 6.51. The van der Waals surface area contributed by atoms with Crippen LogP contribution in [0.15, 0.2) is 54.9 Å². The lowest BCUT2D eigenvalue weighted by Crippen LogP contribution is -2.49. The van der Waals surface area contributed by atoms with Crippen LogP contribution in [0.1, 0.15) is 25.1 Å². The fourth-order valence-corrected chi connectivity index (χ4v) is 5.08. The van der Waals surface area contributed by atoms with E-state index < -0.39 is 0 Å². The number of nitrogens with zero attached hydrogens (tertiary/aromatic N) is 6. The maximum absolute atomic E-state index is 12.7. The molecule has 1 amide bonds. The number of amides is 1. The van der Waals surface area contributed by atoms with Gasteiger partial charge in [-0.3, -0.25) is 24.5 Å². The minimum absolute atomic E-state index is 0.102. The third-order valence-electron chi connectivity index (χ3n) is 6.96. The largest absolute Gasteiger partial charge is 0.354 e. The van der Waals surface area contributed by atoms with Gasteiger partial charge in [-0.2, -0.15) is 0 Å². The van der Waals surface area contributed by atoms with E-state index in [2.05, 4.69) is 74.5 Å². The van der Waals surface area contributed by atoms with E-state index in [4.69, 9.17) is 9.97 Å². The molecule has 200 valence electrons. The molecule has 0 radical (unpaired) electrons. The molecule has 8 rings (SSSR count). The van der Waals surface area contributed by atoms with Crippen LogP contribution in [0.4, 0.5) is 11.6 Å². The summed E-state index contributed by atoms with van der Waals surface area (Å²) in [6.07, 6.45) is 3.66. The fourth-order valence-electron chi connectivity index (χ4n) is 5.08. The fraction of sp³-hybridized carbons (Fsp3) is 0.448. The van der Waals surface area contributed by atoms with Crippen LogP contribution in [0.5, 0.6) is 0 Å². The van der Waals surface area contributed by atoms with Crippen molar-refractivity contribution in [3.05, 3.63) is 66.1 Å². The molecule has 8 bridgehead atoms. The molecule has 9 heteroatoms. The Morgan fingerprint density at radius 1 is 0.921 bits per heavy atom. The van der Waals surface area contributed by atoms with Crippen LogP contribution in [0.2, 0.25) is 0 Å². The van der Waals surface area contributed by atoms with Gasteiger partial charge in [0.1, 0.15) is 0 Å². The number of carbonyl (C=O) groups excluding carboxylic acids is 1. The molecule has 0 saturated carbocycles. The molecule has 5 aliphatic rings. The first-order valence-electron chi connectivity index (χ1n) is 13.6. The average molecular weight is 515 g/mol. The highest BCUT2D eigenvalue weighted by Gasteiger charge is 2.19. The highest BCUT2D eigenvalue weighted by molar-refractivity contribution is 5.78. The molecule has 2 aromatic heterocycles. The third-order valence-corrected chi connectivity index (χ3v) is 6.96. The van der Waals surface area contributed by atoms with Crippen LogP contribution in [0.3, 0.4) is 0 Å². The van der Waals surface area contributed by atoms with Crippen molar-refractivity contribution in [1.82, 2.24) is 35.0 Å². The van der Waals surface area contributed by atoms with Gasteiger partial charge in [0.15, 0.2) is 0 Å². The van der Waals surface area contributed by atoms with Gasteiger partial charge in [-0.15, -0.1) is 0 Å². The predicted molar refractivity (Wildman–Crippen MR) is 150 cm³/mol. The number of rotatable bonds is 2. The van der Waals surface area contributed by atoms with Gasteiger partial charge in [0.05, 0.1) is 17.9 Å². The Kier molecular flexibility index (Phi) is 8.58. The predicted octanol–water partition coefficient (Wildman–Crippen LogP) is 2.99. The van der Waals surface area contributed by atoms with Gasteiger partial charge in [-0.25, -0.2) is 9.97 Å². The Labute approximate surface area is 225 Å². The van der Waals surface area contributed by atoms with Crippen molar-refractivity contribution < 1.29 is 4.79 Å². The zero-order valence-electron chi connectivity index (χ0n) is 22.4. The Morgan fingerprint density at radius 3 is 2.50 bits per heavy atom. The summed E-state index contributed by atoms with van der Waals surface area (Å²) in [5.41, 5.74) is 4.98.